The van der Waals surface area contributed by atoms with Crippen LogP contribution >= 0.6 is 0 Å². The third-order valence-corrected chi connectivity index (χ3v) is 2.45. The smallest absolute Gasteiger partial charge is 0.417 e. The fourth-order valence-corrected chi connectivity index (χ4v) is 1.62. The molecule has 4 heteroatoms. The standard InChI is InChI=1S/C11H11NO3/c1-8(9-5-3-2-4-6-9)12-10(13)7-15-11(12)14/h2-6,8H,7H2,1H3/t8-/m1/s1. The molecule has 0 bridgehead atoms. The summed E-state index contributed by atoms with van der Waals surface area (Å²) in [6.45, 7) is 1.66. The number of nitrogens with zero attached hydrogens (tertiary/aromatic N) is 1. The van der Waals surface area contributed by atoms with Crippen LogP contribution in [-0.2, 0) is 9.53 Å². The lowest BCUT2D eigenvalue weighted by Gasteiger charge is -2.19. The quantitative estimate of drug-likeness (QED) is 0.738. The van der Waals surface area contributed by atoms with E-state index in [1.54, 1.807) is 6.92 Å². The number of hydrogen-bond donors (Lipinski definition) is 0. The maximum absolute atomic E-state index is 11.4. The Morgan fingerprint density at radius 3 is 2.47 bits per heavy atom. The summed E-state index contributed by atoms with van der Waals surface area (Å²) in [5.74, 6) is -0.281. The Labute approximate surface area is 87.4 Å². The molecule has 0 unspecified atom stereocenters. The fourth-order valence-electron chi connectivity index (χ4n) is 1.62. The largest absolute Gasteiger partial charge is 0.439 e. The number of benzene rings is 1. The van der Waals surface area contributed by atoms with Gasteiger partial charge < -0.3 is 4.74 Å². The van der Waals surface area contributed by atoms with Gasteiger partial charge in [-0.2, -0.15) is 0 Å². The Morgan fingerprint density at radius 2 is 1.93 bits per heavy atom. The molecular formula is C11H11NO3. The van der Waals surface area contributed by atoms with Gasteiger partial charge in [0.05, 0.1) is 6.04 Å². The van der Waals surface area contributed by atoms with Crippen molar-refractivity contribution in [3.63, 3.8) is 0 Å². The highest BCUT2D eigenvalue weighted by Crippen LogP contribution is 2.23. The number of ether oxygens (including phenoxy) is 1. The van der Waals surface area contributed by atoms with Crippen LogP contribution in [0.4, 0.5) is 4.79 Å². The van der Waals surface area contributed by atoms with Gasteiger partial charge in [-0.15, -0.1) is 0 Å². The van der Waals surface area contributed by atoms with Crippen molar-refractivity contribution in [3.05, 3.63) is 35.9 Å². The minimum absolute atomic E-state index is 0.143. The molecule has 1 aromatic carbocycles. The van der Waals surface area contributed by atoms with Crippen molar-refractivity contribution >= 4 is 12.0 Å². The van der Waals surface area contributed by atoms with E-state index in [2.05, 4.69) is 4.74 Å². The van der Waals surface area contributed by atoms with Gasteiger partial charge >= 0.3 is 6.09 Å². The number of rotatable bonds is 2. The van der Waals surface area contributed by atoms with Crippen LogP contribution in [0.3, 0.4) is 0 Å². The predicted octanol–water partition coefficient (Wildman–Crippen LogP) is 1.73. The number of imide groups is 1. The second-order valence-corrected chi connectivity index (χ2v) is 3.40. The molecule has 78 valence electrons. The Kier molecular flexibility index (Phi) is 2.41. The average Bonchev–Trinajstić information content (AvgIpc) is 2.59. The Hall–Kier alpha value is -1.84. The van der Waals surface area contributed by atoms with Crippen LogP contribution in [0.2, 0.25) is 0 Å². The summed E-state index contributed by atoms with van der Waals surface area (Å²) < 4.78 is 4.66. The molecule has 0 saturated carbocycles. The van der Waals surface area contributed by atoms with E-state index in [0.717, 1.165) is 10.5 Å². The molecule has 0 N–H and O–H groups in total. The first kappa shape index (κ1) is 9.71. The van der Waals surface area contributed by atoms with Gasteiger partial charge in [0.1, 0.15) is 0 Å². The zero-order valence-corrected chi connectivity index (χ0v) is 8.34. The lowest BCUT2D eigenvalue weighted by atomic mass is 10.1. The van der Waals surface area contributed by atoms with Crippen molar-refractivity contribution in [3.8, 4) is 0 Å². The lowest BCUT2D eigenvalue weighted by Crippen LogP contribution is -2.31. The lowest BCUT2D eigenvalue weighted by molar-refractivity contribution is -0.127. The molecule has 0 aliphatic carbocycles. The summed E-state index contributed by atoms with van der Waals surface area (Å²) >= 11 is 0. The van der Waals surface area contributed by atoms with E-state index in [0.29, 0.717) is 0 Å². The number of carbonyl (C=O) groups excluding carboxylic acids is 2. The SMILES string of the molecule is C[C@H](c1ccccc1)N1C(=O)COC1=O. The van der Waals surface area contributed by atoms with Crippen LogP contribution in [0.5, 0.6) is 0 Å². The van der Waals surface area contributed by atoms with Gasteiger partial charge in [0.15, 0.2) is 6.61 Å². The first-order chi connectivity index (χ1) is 7.20. The number of carbonyl (C=O) groups is 2. The van der Waals surface area contributed by atoms with Crippen molar-refractivity contribution in [1.82, 2.24) is 4.90 Å². The Morgan fingerprint density at radius 1 is 1.27 bits per heavy atom. The Bertz CT molecular complexity index is 372. The monoisotopic (exact) mass is 205 g/mol. The molecule has 1 saturated heterocycles. The summed E-state index contributed by atoms with van der Waals surface area (Å²) in [5.41, 5.74) is 0.921. The summed E-state index contributed by atoms with van der Waals surface area (Å²) in [5, 5.41) is 0. The molecule has 2 rings (SSSR count). The molecule has 1 atom stereocenters. The molecule has 0 spiro atoms. The zero-order chi connectivity index (χ0) is 10.8. The van der Waals surface area contributed by atoms with E-state index >= 15 is 0 Å². The predicted molar refractivity (Wildman–Crippen MR) is 53.1 cm³/mol. The normalized spacial score (nSPS) is 17.8. The summed E-state index contributed by atoms with van der Waals surface area (Å²) in [6.07, 6.45) is -0.559. The van der Waals surface area contributed by atoms with Crippen LogP contribution in [0.1, 0.15) is 18.5 Å². The Balaban J connectivity index is 2.24. The van der Waals surface area contributed by atoms with Gasteiger partial charge in [0, 0.05) is 0 Å². The molecule has 1 aromatic rings. The first-order valence-corrected chi connectivity index (χ1v) is 4.74. The summed E-state index contributed by atoms with van der Waals surface area (Å²) in [6, 6.07) is 9.12. The third kappa shape index (κ3) is 1.70. The highest BCUT2D eigenvalue weighted by molar-refractivity contribution is 5.98. The minimum atomic E-state index is -0.559. The molecule has 1 aliphatic rings. The van der Waals surface area contributed by atoms with Crippen LogP contribution in [-0.4, -0.2) is 23.5 Å². The number of amides is 2. The maximum atomic E-state index is 11.4. The van der Waals surface area contributed by atoms with Crippen LogP contribution < -0.4 is 0 Å². The van der Waals surface area contributed by atoms with Crippen LogP contribution in [0.15, 0.2) is 30.3 Å². The average molecular weight is 205 g/mol. The zero-order valence-electron chi connectivity index (χ0n) is 8.34. The molecule has 1 aliphatic heterocycles. The molecule has 15 heavy (non-hydrogen) atoms. The van der Waals surface area contributed by atoms with Gasteiger partial charge in [0.2, 0.25) is 0 Å². The topological polar surface area (TPSA) is 46.6 Å². The van der Waals surface area contributed by atoms with Crippen molar-refractivity contribution < 1.29 is 14.3 Å². The number of cyclic esters (lactones) is 1. The maximum Gasteiger partial charge on any atom is 0.417 e. The van der Waals surface area contributed by atoms with Gasteiger partial charge in [0.25, 0.3) is 5.91 Å². The van der Waals surface area contributed by atoms with Crippen molar-refractivity contribution in [2.75, 3.05) is 6.61 Å². The third-order valence-electron chi connectivity index (χ3n) is 2.45. The van der Waals surface area contributed by atoms with Crippen molar-refractivity contribution in [1.29, 1.82) is 0 Å². The molecule has 0 radical (unpaired) electrons. The minimum Gasteiger partial charge on any atom is -0.439 e. The van der Waals surface area contributed by atoms with Gasteiger partial charge in [-0.3, -0.25) is 4.79 Å². The van der Waals surface area contributed by atoms with Gasteiger partial charge in [-0.05, 0) is 12.5 Å². The van der Waals surface area contributed by atoms with E-state index in [1.807, 2.05) is 30.3 Å². The molecule has 1 fully saturated rings. The van der Waals surface area contributed by atoms with Crippen LogP contribution in [0, 0.1) is 0 Å². The summed E-state index contributed by atoms with van der Waals surface area (Å²) in [7, 11) is 0. The van der Waals surface area contributed by atoms with Crippen LogP contribution in [0.25, 0.3) is 0 Å². The molecule has 0 aromatic heterocycles. The summed E-state index contributed by atoms with van der Waals surface area (Å²) in [4.78, 5) is 23.8. The number of hydrogen-bond acceptors (Lipinski definition) is 3. The molecule has 2 amide bonds. The van der Waals surface area contributed by atoms with E-state index in [4.69, 9.17) is 0 Å². The molecule has 4 nitrogen and oxygen atoms in total. The van der Waals surface area contributed by atoms with Crippen molar-refractivity contribution in [2.24, 2.45) is 0 Å². The van der Waals surface area contributed by atoms with E-state index < -0.39 is 6.09 Å². The van der Waals surface area contributed by atoms with Gasteiger partial charge in [-0.1, -0.05) is 30.3 Å². The van der Waals surface area contributed by atoms with Crippen molar-refractivity contribution in [2.45, 2.75) is 13.0 Å². The fraction of sp³-hybridized carbons (Fsp3) is 0.273. The first-order valence-electron chi connectivity index (χ1n) is 4.74. The van der Waals surface area contributed by atoms with E-state index in [1.165, 1.54) is 0 Å². The molecule has 1 heterocycles. The van der Waals surface area contributed by atoms with E-state index in [9.17, 15) is 9.59 Å². The second kappa shape index (κ2) is 3.73. The van der Waals surface area contributed by atoms with Gasteiger partial charge in [-0.25, -0.2) is 9.69 Å². The second-order valence-electron chi connectivity index (χ2n) is 3.40. The highest BCUT2D eigenvalue weighted by atomic mass is 16.6. The van der Waals surface area contributed by atoms with E-state index in [-0.39, 0.29) is 18.6 Å². The highest BCUT2D eigenvalue weighted by Gasteiger charge is 2.35. The molecular weight excluding hydrogens is 194 g/mol.